The summed E-state index contributed by atoms with van der Waals surface area (Å²) in [7, 11) is 0. The molecule has 2 aromatic heterocycles. The molecule has 0 aliphatic rings. The van der Waals surface area contributed by atoms with Crippen LogP contribution < -0.4 is 10.8 Å². The van der Waals surface area contributed by atoms with Crippen molar-refractivity contribution in [3.63, 3.8) is 0 Å². The van der Waals surface area contributed by atoms with Crippen molar-refractivity contribution in [2.45, 2.75) is 5.03 Å². The number of fused-ring (bicyclic) bond motifs is 1. The van der Waals surface area contributed by atoms with E-state index in [-0.39, 0.29) is 51.5 Å². The Morgan fingerprint density at radius 1 is 1.50 bits per heavy atom. The number of aromatic nitrogens is 3. The molecule has 6 nitrogen and oxygen atoms in total. The summed E-state index contributed by atoms with van der Waals surface area (Å²) in [6.45, 7) is 0. The van der Waals surface area contributed by atoms with Gasteiger partial charge in [-0.1, -0.05) is 0 Å². The first-order chi connectivity index (χ1) is 7.15. The first-order valence-electron chi connectivity index (χ1n) is 3.99. The molecule has 0 fully saturated rings. The molecule has 0 unspecified atom stereocenters. The van der Waals surface area contributed by atoms with Gasteiger partial charge in [0.1, 0.15) is 5.03 Å². The Labute approximate surface area is 127 Å². The van der Waals surface area contributed by atoms with E-state index < -0.39 is 11.5 Å². The quantitative estimate of drug-likeness (QED) is 0.533. The fourth-order valence-electron chi connectivity index (χ4n) is 1.23. The third-order valence-electron chi connectivity index (χ3n) is 1.88. The van der Waals surface area contributed by atoms with Crippen LogP contribution >= 0.6 is 11.8 Å². The summed E-state index contributed by atoms with van der Waals surface area (Å²) in [4.78, 5) is 15.8. The Bertz CT molecular complexity index is 623. The summed E-state index contributed by atoms with van der Waals surface area (Å²) >= 11 is 1.16. The molecule has 2 N–H and O–H groups in total. The molecule has 0 bridgehead atoms. The zero-order chi connectivity index (χ0) is 11.0. The average Bonchev–Trinajstić information content (AvgIpc) is 2.64. The molecular weight excluding hydrogens is 359 g/mol. The third kappa shape index (κ3) is 2.16. The van der Waals surface area contributed by atoms with Crippen LogP contribution in [0.3, 0.4) is 0 Å². The normalized spacial score (nSPS) is 10.1. The maximum absolute atomic E-state index is 11.7. The van der Waals surface area contributed by atoms with Crippen molar-refractivity contribution in [1.82, 2.24) is 14.6 Å². The van der Waals surface area contributed by atoms with Gasteiger partial charge in [-0.25, -0.2) is 4.98 Å². The summed E-state index contributed by atoms with van der Waals surface area (Å²) in [5, 5.41) is 21.8. The first-order valence-corrected chi connectivity index (χ1v) is 5.21. The molecule has 0 aliphatic carbocycles. The largest absolute Gasteiger partial charge is 0.480 e. The number of hydrogen-bond acceptors (Lipinski definition) is 6. The second-order valence-corrected chi connectivity index (χ2v) is 3.52. The van der Waals surface area contributed by atoms with E-state index in [4.69, 9.17) is 10.2 Å². The van der Waals surface area contributed by atoms with Gasteiger partial charge in [-0.2, -0.15) is 9.61 Å². The molecule has 2 heterocycles. The van der Waals surface area contributed by atoms with Gasteiger partial charge >= 0.3 is 0 Å². The van der Waals surface area contributed by atoms with Gasteiger partial charge in [0.25, 0.3) is 11.5 Å². The number of aliphatic hydroxyl groups excluding tert-OH is 1. The Morgan fingerprint density at radius 3 is 2.75 bits per heavy atom. The molecule has 0 saturated carbocycles. The van der Waals surface area contributed by atoms with Crippen molar-refractivity contribution in [2.75, 3.05) is 6.26 Å². The van der Waals surface area contributed by atoms with Gasteiger partial charge in [0, 0.05) is 47.4 Å². The standard InChI is InChI=1S/C8H7N3O3S.Pr/c1-15-6-5(8(13)14)7(12)11-4(10-6)2-3-9-11;/h2-3,13-14H,1H3;. The van der Waals surface area contributed by atoms with Crippen molar-refractivity contribution < 1.29 is 51.5 Å². The smallest absolute Gasteiger partial charge is 0.290 e. The van der Waals surface area contributed by atoms with Crippen LogP contribution in [0, 0.1) is 41.3 Å². The van der Waals surface area contributed by atoms with Gasteiger partial charge in [0.15, 0.2) is 10.9 Å². The minimum Gasteiger partial charge on any atom is -0.480 e. The maximum Gasteiger partial charge on any atom is 0.290 e. The molecular formula is C8H7N3O3PrS. The number of thioether (sulfide) groups is 1. The Hall–Kier alpha value is -0.396. The third-order valence-corrected chi connectivity index (χ3v) is 2.56. The van der Waals surface area contributed by atoms with Crippen LogP contribution in [0.5, 0.6) is 0 Å². The molecule has 8 heteroatoms. The number of rotatable bonds is 1. The topological polar surface area (TPSA) is 87.7 Å². The Balaban J connectivity index is 0.00000128. The molecule has 0 aromatic carbocycles. The van der Waals surface area contributed by atoms with E-state index in [1.807, 2.05) is 0 Å². The van der Waals surface area contributed by atoms with Gasteiger partial charge in [-0.3, -0.25) is 4.79 Å². The fourth-order valence-corrected chi connectivity index (χ4v) is 1.80. The molecule has 1 radical (unpaired) electrons. The van der Waals surface area contributed by atoms with Crippen LogP contribution in [-0.2, 0) is 0 Å². The second-order valence-electron chi connectivity index (χ2n) is 2.73. The summed E-state index contributed by atoms with van der Waals surface area (Å²) in [5.74, 6) is -1.03. The van der Waals surface area contributed by atoms with Gasteiger partial charge in [-0.15, -0.1) is 11.8 Å². The maximum atomic E-state index is 11.7. The molecule has 16 heavy (non-hydrogen) atoms. The fraction of sp³-hybridized carbons (Fsp3) is 0.125. The molecule has 0 aliphatic heterocycles. The minimum absolute atomic E-state index is 0. The molecule has 2 rings (SSSR count). The predicted molar refractivity (Wildman–Crippen MR) is 54.9 cm³/mol. The van der Waals surface area contributed by atoms with Crippen molar-refractivity contribution in [1.29, 1.82) is 0 Å². The molecule has 81 valence electrons. The van der Waals surface area contributed by atoms with E-state index in [1.54, 1.807) is 12.3 Å². The number of hydrogen-bond donors (Lipinski definition) is 2. The Morgan fingerprint density at radius 2 is 2.19 bits per heavy atom. The second kappa shape index (κ2) is 5.29. The van der Waals surface area contributed by atoms with Gasteiger partial charge in [0.05, 0.1) is 6.20 Å². The van der Waals surface area contributed by atoms with Crippen LogP contribution in [0.1, 0.15) is 0 Å². The monoisotopic (exact) mass is 366 g/mol. The summed E-state index contributed by atoms with van der Waals surface area (Å²) < 4.78 is 1.02. The van der Waals surface area contributed by atoms with Crippen molar-refractivity contribution in [3.8, 4) is 0 Å². The number of aliphatic hydroxyl groups is 2. The SMILES string of the molecule is CSc1nc2ccnn2c(=O)c1=C(O)O.[Pr]. The van der Waals surface area contributed by atoms with Crippen LogP contribution in [0.4, 0.5) is 0 Å². The Kier molecular flexibility index (Phi) is 4.52. The molecule has 0 amide bonds. The van der Waals surface area contributed by atoms with Crippen molar-refractivity contribution in [3.05, 3.63) is 27.8 Å². The van der Waals surface area contributed by atoms with Gasteiger partial charge < -0.3 is 10.2 Å². The van der Waals surface area contributed by atoms with E-state index in [0.29, 0.717) is 5.65 Å². The molecule has 0 spiro atoms. The predicted octanol–water partition coefficient (Wildman–Crippen LogP) is -0.288. The molecule has 2 aromatic rings. The molecule has 0 saturated heterocycles. The summed E-state index contributed by atoms with van der Waals surface area (Å²) in [5.41, 5.74) is -0.205. The van der Waals surface area contributed by atoms with E-state index in [0.717, 1.165) is 16.3 Å². The van der Waals surface area contributed by atoms with Crippen LogP contribution in [0.2, 0.25) is 0 Å². The van der Waals surface area contributed by atoms with Gasteiger partial charge in [0.2, 0.25) is 0 Å². The zero-order valence-electron chi connectivity index (χ0n) is 8.28. The van der Waals surface area contributed by atoms with E-state index in [9.17, 15) is 4.79 Å². The summed E-state index contributed by atoms with van der Waals surface area (Å²) in [6.07, 6.45) is 3.12. The summed E-state index contributed by atoms with van der Waals surface area (Å²) in [6, 6.07) is 1.57. The van der Waals surface area contributed by atoms with Crippen LogP contribution in [0.15, 0.2) is 22.1 Å². The van der Waals surface area contributed by atoms with E-state index in [2.05, 4.69) is 10.1 Å². The van der Waals surface area contributed by atoms with Crippen LogP contribution in [-0.4, -0.2) is 31.1 Å². The first kappa shape index (κ1) is 13.7. The van der Waals surface area contributed by atoms with Gasteiger partial charge in [-0.05, 0) is 6.26 Å². The van der Waals surface area contributed by atoms with E-state index in [1.165, 1.54) is 6.20 Å². The van der Waals surface area contributed by atoms with Crippen molar-refractivity contribution in [2.24, 2.45) is 0 Å². The number of nitrogens with zero attached hydrogens (tertiary/aromatic N) is 3. The zero-order valence-corrected chi connectivity index (χ0v) is 12.8. The minimum atomic E-state index is -1.03. The average molecular weight is 366 g/mol. The molecule has 0 atom stereocenters. The van der Waals surface area contributed by atoms with Crippen molar-refractivity contribution >= 4 is 23.4 Å². The van der Waals surface area contributed by atoms with Crippen LogP contribution in [0.25, 0.3) is 11.6 Å². The van der Waals surface area contributed by atoms with E-state index >= 15 is 0 Å².